The second-order valence-electron chi connectivity index (χ2n) is 7.80. The van der Waals surface area contributed by atoms with Crippen LogP contribution in [0, 0.1) is 5.92 Å². The van der Waals surface area contributed by atoms with Crippen LogP contribution in [0.25, 0.3) is 0 Å². The zero-order valence-corrected chi connectivity index (χ0v) is 17.3. The van der Waals surface area contributed by atoms with Gasteiger partial charge in [0, 0.05) is 25.2 Å². The zero-order valence-electron chi connectivity index (χ0n) is 16.5. The molecule has 2 N–H and O–H groups in total. The van der Waals surface area contributed by atoms with Gasteiger partial charge in [0.05, 0.1) is 11.4 Å². The number of amides is 1. The summed E-state index contributed by atoms with van der Waals surface area (Å²) in [6.45, 7) is 5.04. The van der Waals surface area contributed by atoms with Crippen molar-refractivity contribution < 1.29 is 13.2 Å². The molecule has 0 spiro atoms. The number of hydrogen-bond acceptors (Lipinski definition) is 5. The molecule has 1 aromatic rings. The quantitative estimate of drug-likeness (QED) is 0.786. The molecule has 2 aliphatic rings. The maximum Gasteiger partial charge on any atom is 0.262 e. The minimum absolute atomic E-state index is 0.121. The second-order valence-corrected chi connectivity index (χ2v) is 9.49. The number of rotatable bonds is 5. The van der Waals surface area contributed by atoms with Gasteiger partial charge in [0.1, 0.15) is 5.84 Å². The predicted molar refractivity (Wildman–Crippen MR) is 111 cm³/mol. The van der Waals surface area contributed by atoms with Crippen molar-refractivity contribution in [2.24, 2.45) is 10.9 Å². The number of anilines is 1. The van der Waals surface area contributed by atoms with Crippen LogP contribution in [0.3, 0.4) is 0 Å². The van der Waals surface area contributed by atoms with Crippen LogP contribution in [0.2, 0.25) is 0 Å². The Morgan fingerprint density at radius 1 is 1.25 bits per heavy atom. The lowest BCUT2D eigenvalue weighted by atomic mass is 10.0. The minimum atomic E-state index is -3.71. The summed E-state index contributed by atoms with van der Waals surface area (Å²) < 4.78 is 28.0. The van der Waals surface area contributed by atoms with Crippen molar-refractivity contribution in [3.8, 4) is 0 Å². The van der Waals surface area contributed by atoms with E-state index in [4.69, 9.17) is 0 Å². The molecule has 0 aromatic heterocycles. The fourth-order valence-corrected chi connectivity index (χ4v) is 4.88. The van der Waals surface area contributed by atoms with Gasteiger partial charge < -0.3 is 5.32 Å². The van der Waals surface area contributed by atoms with Gasteiger partial charge in [0.25, 0.3) is 10.0 Å². The van der Waals surface area contributed by atoms with Gasteiger partial charge in [-0.3, -0.25) is 19.4 Å². The molecule has 1 aromatic carbocycles. The van der Waals surface area contributed by atoms with Crippen LogP contribution in [0.15, 0.2) is 34.2 Å². The lowest BCUT2D eigenvalue weighted by Gasteiger charge is -2.30. The molecule has 2 aliphatic heterocycles. The molecule has 1 amide bonds. The average molecular weight is 407 g/mol. The molecule has 1 atom stereocenters. The van der Waals surface area contributed by atoms with Gasteiger partial charge in [0.15, 0.2) is 0 Å². The predicted octanol–water partition coefficient (Wildman–Crippen LogP) is 2.61. The summed E-state index contributed by atoms with van der Waals surface area (Å²) in [4.78, 5) is 19.0. The zero-order chi connectivity index (χ0) is 20.0. The van der Waals surface area contributed by atoms with Gasteiger partial charge in [-0.2, -0.15) is 0 Å². The highest BCUT2D eigenvalue weighted by Gasteiger charge is 2.20. The maximum absolute atomic E-state index is 12.7. The average Bonchev–Trinajstić information content (AvgIpc) is 2.90. The van der Waals surface area contributed by atoms with Crippen molar-refractivity contribution in [1.82, 2.24) is 9.62 Å². The van der Waals surface area contributed by atoms with Gasteiger partial charge in [-0.1, -0.05) is 19.4 Å². The maximum atomic E-state index is 12.7. The van der Waals surface area contributed by atoms with Crippen molar-refractivity contribution in [3.63, 3.8) is 0 Å². The standard InChI is InChI=1S/C20H30N4O3S/c1-16-7-6-12-24(14-16)15-20(25)22-17-8-5-9-18(13-17)28(26,27)23-19-10-3-2-4-11-21-19/h5,8-9,13,16H,2-4,6-7,10-12,14-15H2,1H3,(H,21,23)(H,22,25). The van der Waals surface area contributed by atoms with E-state index in [1.807, 2.05) is 0 Å². The fourth-order valence-electron chi connectivity index (χ4n) is 3.75. The Hall–Kier alpha value is -1.93. The number of sulfonamides is 1. The molecule has 1 saturated heterocycles. The lowest BCUT2D eigenvalue weighted by molar-refractivity contribution is -0.117. The van der Waals surface area contributed by atoms with E-state index in [2.05, 4.69) is 26.9 Å². The Bertz CT molecular complexity index is 822. The third kappa shape index (κ3) is 6.04. The third-order valence-electron chi connectivity index (χ3n) is 5.16. The molecule has 2 heterocycles. The van der Waals surface area contributed by atoms with E-state index in [0.29, 0.717) is 37.0 Å². The summed E-state index contributed by atoms with van der Waals surface area (Å²) in [6.07, 6.45) is 5.94. The van der Waals surface area contributed by atoms with E-state index < -0.39 is 10.0 Å². The first kappa shape index (κ1) is 20.8. The van der Waals surface area contributed by atoms with Crippen LogP contribution in [-0.2, 0) is 14.8 Å². The van der Waals surface area contributed by atoms with E-state index in [1.54, 1.807) is 12.1 Å². The van der Waals surface area contributed by atoms with E-state index in [0.717, 1.165) is 38.8 Å². The minimum Gasteiger partial charge on any atom is -0.325 e. The van der Waals surface area contributed by atoms with Crippen LogP contribution in [0.1, 0.15) is 45.4 Å². The summed E-state index contributed by atoms with van der Waals surface area (Å²) in [5.41, 5.74) is 0.487. The molecule has 3 rings (SSSR count). The number of likely N-dealkylation sites (tertiary alicyclic amines) is 1. The normalized spacial score (nSPS) is 21.5. The first-order chi connectivity index (χ1) is 13.4. The van der Waals surface area contributed by atoms with Crippen LogP contribution in [0.4, 0.5) is 5.69 Å². The molecule has 0 aliphatic carbocycles. The topological polar surface area (TPSA) is 90.9 Å². The van der Waals surface area contributed by atoms with Gasteiger partial charge in [0.2, 0.25) is 5.91 Å². The Kier molecular flexibility index (Phi) is 7.07. The van der Waals surface area contributed by atoms with Crippen LogP contribution < -0.4 is 10.0 Å². The molecule has 0 bridgehead atoms. The van der Waals surface area contributed by atoms with Gasteiger partial charge in [-0.15, -0.1) is 0 Å². The summed E-state index contributed by atoms with van der Waals surface area (Å²) in [6, 6.07) is 6.37. The Balaban J connectivity index is 1.62. The summed E-state index contributed by atoms with van der Waals surface area (Å²) in [5.74, 6) is 1.00. The monoisotopic (exact) mass is 406 g/mol. The number of carbonyl (C=O) groups is 1. The van der Waals surface area contributed by atoms with E-state index in [9.17, 15) is 13.2 Å². The van der Waals surface area contributed by atoms with E-state index in [1.165, 1.54) is 18.6 Å². The highest BCUT2D eigenvalue weighted by atomic mass is 32.2. The van der Waals surface area contributed by atoms with Crippen LogP contribution >= 0.6 is 0 Å². The highest BCUT2D eigenvalue weighted by molar-refractivity contribution is 7.90. The summed E-state index contributed by atoms with van der Waals surface area (Å²) in [5, 5.41) is 2.83. The SMILES string of the molecule is CC1CCCN(CC(=O)Nc2cccc(S(=O)(=O)NC3=NCCCCC3)c2)C1. The first-order valence-electron chi connectivity index (χ1n) is 10.1. The van der Waals surface area contributed by atoms with Crippen molar-refractivity contribution in [2.45, 2.75) is 50.3 Å². The second kappa shape index (κ2) is 9.52. The largest absolute Gasteiger partial charge is 0.325 e. The number of nitrogens with one attached hydrogen (secondary N) is 2. The number of benzene rings is 1. The van der Waals surface area contributed by atoms with Crippen molar-refractivity contribution in [1.29, 1.82) is 0 Å². The Morgan fingerprint density at radius 2 is 2.11 bits per heavy atom. The molecule has 0 radical (unpaired) electrons. The van der Waals surface area contributed by atoms with E-state index >= 15 is 0 Å². The number of hydrogen-bond donors (Lipinski definition) is 2. The third-order valence-corrected chi connectivity index (χ3v) is 6.54. The first-order valence-corrected chi connectivity index (χ1v) is 11.6. The molecule has 154 valence electrons. The summed E-state index contributed by atoms with van der Waals surface area (Å²) in [7, 11) is -3.71. The van der Waals surface area contributed by atoms with Gasteiger partial charge in [-0.25, -0.2) is 8.42 Å². The Labute approximate surface area is 167 Å². The number of nitrogens with zero attached hydrogens (tertiary/aromatic N) is 2. The molecule has 0 saturated carbocycles. The summed E-state index contributed by atoms with van der Waals surface area (Å²) >= 11 is 0. The number of amidine groups is 1. The van der Waals surface area contributed by atoms with Crippen LogP contribution in [0.5, 0.6) is 0 Å². The van der Waals surface area contributed by atoms with E-state index in [-0.39, 0.29) is 10.8 Å². The van der Waals surface area contributed by atoms with Crippen molar-refractivity contribution in [2.75, 3.05) is 31.5 Å². The van der Waals surface area contributed by atoms with Crippen LogP contribution in [-0.4, -0.2) is 51.2 Å². The number of aliphatic imine (C=N–C) groups is 1. The number of piperidine rings is 1. The smallest absolute Gasteiger partial charge is 0.262 e. The Morgan fingerprint density at radius 3 is 2.93 bits per heavy atom. The van der Waals surface area contributed by atoms with Crippen molar-refractivity contribution in [3.05, 3.63) is 24.3 Å². The highest BCUT2D eigenvalue weighted by Crippen LogP contribution is 2.18. The molecule has 1 fully saturated rings. The van der Waals surface area contributed by atoms with Crippen molar-refractivity contribution >= 4 is 27.5 Å². The number of carbonyl (C=O) groups excluding carboxylic acids is 1. The molecular weight excluding hydrogens is 376 g/mol. The molecule has 1 unspecified atom stereocenters. The molecule has 8 heteroatoms. The lowest BCUT2D eigenvalue weighted by Crippen LogP contribution is -2.39. The molecule has 28 heavy (non-hydrogen) atoms. The van der Waals surface area contributed by atoms with Gasteiger partial charge >= 0.3 is 0 Å². The molecular formula is C20H30N4O3S. The molecule has 7 nitrogen and oxygen atoms in total. The fraction of sp³-hybridized carbons (Fsp3) is 0.600. The van der Waals surface area contributed by atoms with Gasteiger partial charge in [-0.05, 0) is 56.3 Å².